The predicted octanol–water partition coefficient (Wildman–Crippen LogP) is 6.00. The normalized spacial score (nSPS) is 10.5. The van der Waals surface area contributed by atoms with Gasteiger partial charge in [0, 0.05) is 29.3 Å². The van der Waals surface area contributed by atoms with E-state index >= 15 is 0 Å². The minimum absolute atomic E-state index is 0.115. The van der Waals surface area contributed by atoms with Crippen LogP contribution < -0.4 is 15.2 Å². The van der Waals surface area contributed by atoms with E-state index < -0.39 is 5.97 Å². The monoisotopic (exact) mass is 568 g/mol. The van der Waals surface area contributed by atoms with E-state index in [-0.39, 0.29) is 19.5 Å². The second kappa shape index (κ2) is 14.5. The molecule has 9 heteroatoms. The lowest BCUT2D eigenvalue weighted by Crippen LogP contribution is -2.03. The molecule has 5 rings (SSSR count). The summed E-state index contributed by atoms with van der Waals surface area (Å²) in [5.41, 5.74) is 12.0. The Kier molecular flexibility index (Phi) is 10.3. The van der Waals surface area contributed by atoms with Gasteiger partial charge in [-0.05, 0) is 65.6 Å². The Morgan fingerprint density at radius 1 is 0.952 bits per heavy atom. The predicted molar refractivity (Wildman–Crippen MR) is 158 cm³/mol. The van der Waals surface area contributed by atoms with Gasteiger partial charge in [-0.2, -0.15) is 0 Å². The van der Waals surface area contributed by atoms with E-state index in [1.807, 2.05) is 42.5 Å². The van der Waals surface area contributed by atoms with Crippen LogP contribution in [0.15, 0.2) is 89.5 Å². The number of ether oxygens (including phenoxy) is 2. The lowest BCUT2D eigenvalue weighted by atomic mass is 10.0. The molecule has 0 fully saturated rings. The molecule has 0 atom stereocenters. The molecule has 0 aliphatic heterocycles. The van der Waals surface area contributed by atoms with E-state index in [1.54, 1.807) is 24.4 Å². The van der Waals surface area contributed by atoms with E-state index in [2.05, 4.69) is 30.1 Å². The number of carboxylic acids is 1. The number of aromatic nitrogens is 1. The minimum Gasteiger partial charge on any atom is -0.489 e. The van der Waals surface area contributed by atoms with Gasteiger partial charge in [-0.25, -0.2) is 0 Å². The summed E-state index contributed by atoms with van der Waals surface area (Å²) in [7, 11) is 0. The van der Waals surface area contributed by atoms with Crippen LogP contribution in [0.5, 0.6) is 11.5 Å². The second-order valence-corrected chi connectivity index (χ2v) is 9.34. The van der Waals surface area contributed by atoms with E-state index in [4.69, 9.17) is 29.5 Å². The summed E-state index contributed by atoms with van der Waals surface area (Å²) in [6.07, 6.45) is 2.52. The number of furan rings is 1. The van der Waals surface area contributed by atoms with Crippen LogP contribution in [0.1, 0.15) is 35.1 Å². The number of carboxylic acid groups (broad SMARTS) is 2. The molecule has 0 spiro atoms. The maximum absolute atomic E-state index is 11.2. The Hall–Kier alpha value is -5.15. The highest BCUT2D eigenvalue weighted by Crippen LogP contribution is 2.34. The molecule has 0 unspecified atom stereocenters. The van der Waals surface area contributed by atoms with Crippen LogP contribution in [0.25, 0.3) is 22.1 Å². The maximum Gasteiger partial charge on any atom is 0.307 e. The van der Waals surface area contributed by atoms with Crippen LogP contribution in [0.4, 0.5) is 0 Å². The van der Waals surface area contributed by atoms with Crippen LogP contribution in [-0.4, -0.2) is 27.6 Å². The van der Waals surface area contributed by atoms with Gasteiger partial charge in [-0.1, -0.05) is 43.3 Å². The zero-order valence-corrected chi connectivity index (χ0v) is 23.2. The smallest absolute Gasteiger partial charge is 0.307 e. The topological polar surface area (TPSA) is 145 Å². The molecule has 5 aromatic rings. The van der Waals surface area contributed by atoms with Gasteiger partial charge in [0.05, 0.1) is 12.1 Å². The molecule has 216 valence electrons. The molecule has 4 N–H and O–H groups in total. The van der Waals surface area contributed by atoms with Gasteiger partial charge in [0.2, 0.25) is 0 Å². The summed E-state index contributed by atoms with van der Waals surface area (Å²) in [4.78, 5) is 23.9. The van der Waals surface area contributed by atoms with Gasteiger partial charge in [0.15, 0.2) is 0 Å². The number of nitrogens with zero attached hydrogens (tertiary/aromatic N) is 1. The number of rotatable bonds is 11. The molecule has 0 radical (unpaired) electrons. The van der Waals surface area contributed by atoms with Crippen molar-refractivity contribution in [2.75, 3.05) is 0 Å². The number of aryl methyl sites for hydroxylation is 1. The third kappa shape index (κ3) is 7.52. The number of para-hydroxylation sites is 2. The van der Waals surface area contributed by atoms with Gasteiger partial charge in [-0.15, -0.1) is 0 Å². The van der Waals surface area contributed by atoms with Crippen molar-refractivity contribution in [2.24, 2.45) is 5.73 Å². The first-order valence-electron chi connectivity index (χ1n) is 13.4. The van der Waals surface area contributed by atoms with E-state index in [0.717, 1.165) is 51.1 Å². The summed E-state index contributed by atoms with van der Waals surface area (Å²) >= 11 is 0. The number of carbonyl (C=O) groups is 2. The summed E-state index contributed by atoms with van der Waals surface area (Å²) in [6.45, 7) is 2.75. The van der Waals surface area contributed by atoms with Crippen molar-refractivity contribution in [2.45, 2.75) is 39.5 Å². The van der Waals surface area contributed by atoms with Crippen LogP contribution in [-0.2, 0) is 42.2 Å². The highest BCUT2D eigenvalue weighted by Gasteiger charge is 2.15. The number of benzene rings is 3. The summed E-state index contributed by atoms with van der Waals surface area (Å²) in [5, 5.41) is 17.0. The fourth-order valence-electron chi connectivity index (χ4n) is 4.60. The Morgan fingerprint density at radius 2 is 1.62 bits per heavy atom. The minimum atomic E-state index is -0.912. The van der Waals surface area contributed by atoms with Crippen LogP contribution in [0.3, 0.4) is 0 Å². The number of hydrogen-bond donors (Lipinski definition) is 3. The van der Waals surface area contributed by atoms with Crippen molar-refractivity contribution in [1.82, 2.24) is 4.98 Å². The first-order chi connectivity index (χ1) is 20.4. The molecule has 0 aliphatic rings. The van der Waals surface area contributed by atoms with Gasteiger partial charge in [0.1, 0.15) is 36.1 Å². The van der Waals surface area contributed by atoms with Gasteiger partial charge >= 0.3 is 5.97 Å². The van der Waals surface area contributed by atoms with Crippen LogP contribution in [0.2, 0.25) is 0 Å². The number of fused-ring (bicyclic) bond motifs is 1. The Labute approximate surface area is 243 Å². The van der Waals surface area contributed by atoms with Crippen molar-refractivity contribution in [3.8, 4) is 22.6 Å². The Morgan fingerprint density at radius 3 is 2.31 bits per heavy atom. The van der Waals surface area contributed by atoms with Crippen LogP contribution >= 0.6 is 0 Å². The quantitative estimate of drug-likeness (QED) is 0.163. The van der Waals surface area contributed by atoms with E-state index in [9.17, 15) is 9.90 Å². The highest BCUT2D eigenvalue weighted by molar-refractivity contribution is 5.93. The molecular weight excluding hydrogens is 536 g/mol. The zero-order chi connectivity index (χ0) is 29.9. The second-order valence-electron chi connectivity index (χ2n) is 9.34. The number of aliphatic carboxylic acids is 1. The molecule has 9 nitrogen and oxygen atoms in total. The molecule has 0 aliphatic carbocycles. The van der Waals surface area contributed by atoms with E-state index in [0.29, 0.717) is 30.2 Å². The standard InChI is InChI=1S/C32H30N2O5.CH2O2/c1-2-22-7-3-5-9-29(22)37-19-21-13-25-16-27(20-38-30-10-6-4-8-24(30)17-31(35)36)39-32(25)28(14-21)23-11-12-34-26(15-23)18-33;2-1-3/h3-16H,2,17-20,33H2,1H3,(H,35,36);1H,(H,2,3). The molecule has 2 aromatic heterocycles. The molecule has 0 saturated carbocycles. The molecule has 0 saturated heterocycles. The Balaban J connectivity index is 0.00000129. The lowest BCUT2D eigenvalue weighted by Gasteiger charge is -2.12. The van der Waals surface area contributed by atoms with Crippen molar-refractivity contribution < 1.29 is 33.7 Å². The number of nitrogens with two attached hydrogens (primary N) is 1. The van der Waals surface area contributed by atoms with Crippen molar-refractivity contribution in [3.63, 3.8) is 0 Å². The fraction of sp³-hybridized carbons (Fsp3) is 0.182. The van der Waals surface area contributed by atoms with Crippen LogP contribution in [0, 0.1) is 0 Å². The maximum atomic E-state index is 11.2. The number of hydrogen-bond acceptors (Lipinski definition) is 7. The van der Waals surface area contributed by atoms with Gasteiger partial charge in [0.25, 0.3) is 6.47 Å². The van der Waals surface area contributed by atoms with Gasteiger partial charge < -0.3 is 29.8 Å². The average molecular weight is 569 g/mol. The largest absolute Gasteiger partial charge is 0.489 e. The molecule has 0 bridgehead atoms. The average Bonchev–Trinajstić information content (AvgIpc) is 3.42. The first kappa shape index (κ1) is 29.8. The van der Waals surface area contributed by atoms with Crippen molar-refractivity contribution in [1.29, 1.82) is 0 Å². The van der Waals surface area contributed by atoms with Crippen molar-refractivity contribution >= 4 is 23.4 Å². The lowest BCUT2D eigenvalue weighted by molar-refractivity contribution is -0.136. The third-order valence-corrected chi connectivity index (χ3v) is 6.50. The summed E-state index contributed by atoms with van der Waals surface area (Å²) in [5.74, 6) is 1.10. The van der Waals surface area contributed by atoms with E-state index in [1.165, 1.54) is 0 Å². The fourth-order valence-corrected chi connectivity index (χ4v) is 4.60. The molecule has 3 aromatic carbocycles. The molecule has 42 heavy (non-hydrogen) atoms. The SMILES string of the molecule is CCc1ccccc1OCc1cc(-c2ccnc(CN)c2)c2oc(COc3ccccc3CC(=O)O)cc2c1.O=CO. The van der Waals surface area contributed by atoms with Gasteiger partial charge in [-0.3, -0.25) is 14.6 Å². The Bertz CT molecular complexity index is 1660. The highest BCUT2D eigenvalue weighted by atomic mass is 16.5. The summed E-state index contributed by atoms with van der Waals surface area (Å²) < 4.78 is 18.5. The molecule has 0 amide bonds. The molecule has 2 heterocycles. The number of pyridine rings is 1. The first-order valence-corrected chi connectivity index (χ1v) is 13.4. The molecular formula is C33H32N2O7. The van der Waals surface area contributed by atoms with Crippen molar-refractivity contribution in [3.05, 3.63) is 113 Å². The zero-order valence-electron chi connectivity index (χ0n) is 23.2. The summed E-state index contributed by atoms with van der Waals surface area (Å²) in [6, 6.07) is 25.2. The third-order valence-electron chi connectivity index (χ3n) is 6.50.